The van der Waals surface area contributed by atoms with E-state index in [0.717, 1.165) is 10.2 Å². The number of aryl methyl sites for hydroxylation is 1. The topological polar surface area (TPSA) is 56.0 Å². The number of aromatic nitrogens is 4. The van der Waals surface area contributed by atoms with Crippen molar-refractivity contribution in [2.75, 3.05) is 7.05 Å². The molecule has 0 aliphatic carbocycles. The van der Waals surface area contributed by atoms with E-state index in [-0.39, 0.29) is 11.9 Å². The van der Waals surface area contributed by atoms with Crippen LogP contribution in [0.5, 0.6) is 0 Å². The van der Waals surface area contributed by atoms with Crippen molar-refractivity contribution >= 4 is 33.4 Å². The summed E-state index contributed by atoms with van der Waals surface area (Å²) in [6.07, 6.45) is 5.76. The highest BCUT2D eigenvalue weighted by molar-refractivity contribution is 9.10. The van der Waals surface area contributed by atoms with Crippen molar-refractivity contribution in [1.82, 2.24) is 24.5 Å². The summed E-state index contributed by atoms with van der Waals surface area (Å²) in [6.45, 7) is 5.10. The minimum Gasteiger partial charge on any atom is -0.338 e. The molecule has 2 rings (SSSR count). The standard InChI is InChI=1S/C14H19BrClN5O/c1-4-12(21-8-10(15)6-17-21)14(22)19(3)9-13-11(16)7-18-20(13)5-2/h6-8,12H,4-5,9H2,1-3H3. The first-order chi connectivity index (χ1) is 10.5. The summed E-state index contributed by atoms with van der Waals surface area (Å²) in [5.41, 5.74) is 0.844. The molecule has 2 heterocycles. The van der Waals surface area contributed by atoms with Gasteiger partial charge in [0.2, 0.25) is 5.91 Å². The third-order valence-electron chi connectivity index (χ3n) is 3.52. The molecule has 0 aromatic carbocycles. The molecule has 0 saturated carbocycles. The van der Waals surface area contributed by atoms with Gasteiger partial charge in [-0.3, -0.25) is 14.2 Å². The summed E-state index contributed by atoms with van der Waals surface area (Å²) >= 11 is 9.52. The quantitative estimate of drug-likeness (QED) is 0.764. The van der Waals surface area contributed by atoms with Crippen molar-refractivity contribution < 1.29 is 4.79 Å². The lowest BCUT2D eigenvalue weighted by molar-refractivity contribution is -0.134. The van der Waals surface area contributed by atoms with Gasteiger partial charge in [-0.15, -0.1) is 0 Å². The van der Waals surface area contributed by atoms with Crippen LogP contribution in [-0.4, -0.2) is 37.4 Å². The molecule has 0 fully saturated rings. The Balaban J connectivity index is 2.15. The Morgan fingerprint density at radius 2 is 2.14 bits per heavy atom. The van der Waals surface area contributed by atoms with Crippen LogP contribution in [-0.2, 0) is 17.9 Å². The molecular formula is C14H19BrClN5O. The first-order valence-corrected chi connectivity index (χ1v) is 8.29. The molecule has 0 aliphatic heterocycles. The summed E-state index contributed by atoms with van der Waals surface area (Å²) in [5.74, 6) is -0.00183. The van der Waals surface area contributed by atoms with E-state index in [1.807, 2.05) is 20.0 Å². The number of halogens is 2. The molecule has 22 heavy (non-hydrogen) atoms. The number of likely N-dealkylation sites (N-methyl/N-ethyl adjacent to an activating group) is 1. The van der Waals surface area contributed by atoms with Gasteiger partial charge in [0, 0.05) is 19.8 Å². The van der Waals surface area contributed by atoms with Crippen LogP contribution in [0.15, 0.2) is 23.1 Å². The molecular weight excluding hydrogens is 370 g/mol. The maximum atomic E-state index is 12.7. The lowest BCUT2D eigenvalue weighted by Crippen LogP contribution is -2.34. The van der Waals surface area contributed by atoms with Crippen molar-refractivity contribution in [2.45, 2.75) is 39.4 Å². The molecule has 0 bridgehead atoms. The Bertz CT molecular complexity index is 653. The lowest BCUT2D eigenvalue weighted by Gasteiger charge is -2.23. The minimum atomic E-state index is -0.326. The van der Waals surface area contributed by atoms with Crippen LogP contribution in [0.25, 0.3) is 0 Å². The van der Waals surface area contributed by atoms with Gasteiger partial charge in [-0.1, -0.05) is 18.5 Å². The Labute approximate surface area is 143 Å². The van der Waals surface area contributed by atoms with Gasteiger partial charge in [0.1, 0.15) is 6.04 Å². The third-order valence-corrected chi connectivity index (χ3v) is 4.25. The number of carbonyl (C=O) groups excluding carboxylic acids is 1. The fourth-order valence-electron chi connectivity index (χ4n) is 2.33. The fraction of sp³-hybridized carbons (Fsp3) is 0.500. The number of carbonyl (C=O) groups is 1. The molecule has 1 amide bonds. The van der Waals surface area contributed by atoms with Gasteiger partial charge in [-0.05, 0) is 29.3 Å². The third kappa shape index (κ3) is 3.52. The molecule has 0 radical (unpaired) electrons. The zero-order chi connectivity index (χ0) is 16.3. The maximum Gasteiger partial charge on any atom is 0.247 e. The summed E-state index contributed by atoms with van der Waals surface area (Å²) in [6, 6.07) is -0.326. The van der Waals surface area contributed by atoms with Gasteiger partial charge in [0.05, 0.1) is 34.1 Å². The van der Waals surface area contributed by atoms with E-state index in [4.69, 9.17) is 11.6 Å². The van der Waals surface area contributed by atoms with Crippen LogP contribution in [0.1, 0.15) is 32.0 Å². The molecule has 120 valence electrons. The van der Waals surface area contributed by atoms with Crippen LogP contribution in [0.3, 0.4) is 0 Å². The van der Waals surface area contributed by atoms with Crippen molar-refractivity contribution in [3.8, 4) is 0 Å². The second-order valence-electron chi connectivity index (χ2n) is 5.01. The average Bonchev–Trinajstić information content (AvgIpc) is 3.07. The van der Waals surface area contributed by atoms with Crippen LogP contribution in [0.4, 0.5) is 0 Å². The highest BCUT2D eigenvalue weighted by Crippen LogP contribution is 2.21. The Morgan fingerprint density at radius 3 is 2.68 bits per heavy atom. The molecule has 1 atom stereocenters. The number of rotatable bonds is 6. The molecule has 0 saturated heterocycles. The Hall–Kier alpha value is -1.34. The van der Waals surface area contributed by atoms with E-state index in [9.17, 15) is 4.79 Å². The fourth-order valence-corrected chi connectivity index (χ4v) is 2.84. The highest BCUT2D eigenvalue weighted by atomic mass is 79.9. The van der Waals surface area contributed by atoms with Gasteiger partial charge < -0.3 is 4.90 Å². The van der Waals surface area contributed by atoms with Gasteiger partial charge in [-0.2, -0.15) is 10.2 Å². The molecule has 6 nitrogen and oxygen atoms in total. The van der Waals surface area contributed by atoms with Crippen molar-refractivity contribution in [3.05, 3.63) is 33.8 Å². The average molecular weight is 389 g/mol. The normalized spacial score (nSPS) is 12.4. The van der Waals surface area contributed by atoms with Crippen molar-refractivity contribution in [2.24, 2.45) is 0 Å². The monoisotopic (exact) mass is 387 g/mol. The summed E-state index contributed by atoms with van der Waals surface area (Å²) in [7, 11) is 1.77. The van der Waals surface area contributed by atoms with Gasteiger partial charge in [-0.25, -0.2) is 0 Å². The molecule has 0 spiro atoms. The molecule has 0 N–H and O–H groups in total. The summed E-state index contributed by atoms with van der Waals surface area (Å²) < 4.78 is 4.34. The van der Waals surface area contributed by atoms with E-state index >= 15 is 0 Å². The first kappa shape index (κ1) is 17.0. The number of amides is 1. The van der Waals surface area contributed by atoms with E-state index in [2.05, 4.69) is 26.1 Å². The maximum absolute atomic E-state index is 12.7. The number of hydrogen-bond donors (Lipinski definition) is 0. The second kappa shape index (κ2) is 7.28. The van der Waals surface area contributed by atoms with Crippen LogP contribution < -0.4 is 0 Å². The molecule has 1 unspecified atom stereocenters. The van der Waals surface area contributed by atoms with Crippen LogP contribution in [0, 0.1) is 0 Å². The predicted molar refractivity (Wildman–Crippen MR) is 88.6 cm³/mol. The first-order valence-electron chi connectivity index (χ1n) is 7.12. The van der Waals surface area contributed by atoms with Crippen LogP contribution >= 0.6 is 27.5 Å². The van der Waals surface area contributed by atoms with Gasteiger partial charge in [0.15, 0.2) is 0 Å². The predicted octanol–water partition coefficient (Wildman–Crippen LogP) is 3.13. The van der Waals surface area contributed by atoms with E-state index in [1.165, 1.54) is 0 Å². The largest absolute Gasteiger partial charge is 0.338 e. The zero-order valence-electron chi connectivity index (χ0n) is 12.8. The summed E-state index contributed by atoms with van der Waals surface area (Å²) in [4.78, 5) is 14.4. The Kier molecular flexibility index (Phi) is 5.63. The number of nitrogens with zero attached hydrogens (tertiary/aromatic N) is 5. The molecule has 2 aromatic heterocycles. The van der Waals surface area contributed by atoms with Gasteiger partial charge in [0.25, 0.3) is 0 Å². The SMILES string of the molecule is CCC(C(=O)N(C)Cc1c(Cl)cnn1CC)n1cc(Br)cn1. The highest BCUT2D eigenvalue weighted by Gasteiger charge is 2.24. The molecule has 8 heteroatoms. The molecule has 2 aromatic rings. The summed E-state index contributed by atoms with van der Waals surface area (Å²) in [5, 5.41) is 8.99. The van der Waals surface area contributed by atoms with E-state index < -0.39 is 0 Å². The lowest BCUT2D eigenvalue weighted by atomic mass is 10.2. The van der Waals surface area contributed by atoms with Crippen molar-refractivity contribution in [3.63, 3.8) is 0 Å². The van der Waals surface area contributed by atoms with E-state index in [0.29, 0.717) is 24.5 Å². The van der Waals surface area contributed by atoms with Crippen LogP contribution in [0.2, 0.25) is 5.02 Å². The molecule has 0 aliphatic rings. The number of hydrogen-bond acceptors (Lipinski definition) is 3. The zero-order valence-corrected chi connectivity index (χ0v) is 15.2. The second-order valence-corrected chi connectivity index (χ2v) is 6.33. The van der Waals surface area contributed by atoms with Crippen molar-refractivity contribution in [1.29, 1.82) is 0 Å². The smallest absolute Gasteiger partial charge is 0.247 e. The van der Waals surface area contributed by atoms with Gasteiger partial charge >= 0.3 is 0 Å². The van der Waals surface area contributed by atoms with E-state index in [1.54, 1.807) is 33.7 Å². The Morgan fingerprint density at radius 1 is 1.41 bits per heavy atom. The minimum absolute atomic E-state index is 0.00183.